The van der Waals surface area contributed by atoms with Crippen molar-refractivity contribution in [1.82, 2.24) is 24.8 Å². The zero-order valence-electron chi connectivity index (χ0n) is 18.5. The SMILES string of the molecule is CCN1CCN(c2nc(N3CCOCC3)c3ncnc(SCc4ccccc4)c3n2)CC1. The number of thioether (sulfide) groups is 1. The first kappa shape index (κ1) is 21.4. The van der Waals surface area contributed by atoms with E-state index < -0.39 is 0 Å². The van der Waals surface area contributed by atoms with Crippen LogP contribution in [0.5, 0.6) is 0 Å². The summed E-state index contributed by atoms with van der Waals surface area (Å²) in [5.74, 6) is 2.52. The summed E-state index contributed by atoms with van der Waals surface area (Å²) in [6, 6.07) is 10.5. The Kier molecular flexibility index (Phi) is 6.66. The quantitative estimate of drug-likeness (QED) is 0.415. The molecule has 168 valence electrons. The third kappa shape index (κ3) is 4.65. The van der Waals surface area contributed by atoms with Gasteiger partial charge >= 0.3 is 0 Å². The van der Waals surface area contributed by atoms with Gasteiger partial charge in [0, 0.05) is 45.0 Å². The van der Waals surface area contributed by atoms with Crippen molar-refractivity contribution in [1.29, 1.82) is 0 Å². The number of benzene rings is 1. The lowest BCUT2D eigenvalue weighted by Crippen LogP contribution is -2.47. The summed E-state index contributed by atoms with van der Waals surface area (Å²) in [5, 5.41) is 0.907. The van der Waals surface area contributed by atoms with Crippen LogP contribution in [0, 0.1) is 0 Å². The molecule has 8 nitrogen and oxygen atoms in total. The van der Waals surface area contributed by atoms with Crippen molar-refractivity contribution < 1.29 is 4.74 Å². The smallest absolute Gasteiger partial charge is 0.228 e. The lowest BCUT2D eigenvalue weighted by atomic mass is 10.2. The van der Waals surface area contributed by atoms with Crippen molar-refractivity contribution >= 4 is 34.6 Å². The molecule has 3 aromatic rings. The Bertz CT molecular complexity index is 1040. The fourth-order valence-electron chi connectivity index (χ4n) is 4.13. The Balaban J connectivity index is 1.51. The van der Waals surface area contributed by atoms with E-state index in [0.29, 0.717) is 13.2 Å². The zero-order valence-corrected chi connectivity index (χ0v) is 19.3. The third-order valence-electron chi connectivity index (χ3n) is 6.05. The molecule has 0 amide bonds. The van der Waals surface area contributed by atoms with E-state index in [-0.39, 0.29) is 0 Å². The minimum atomic E-state index is 0.705. The molecule has 32 heavy (non-hydrogen) atoms. The lowest BCUT2D eigenvalue weighted by Gasteiger charge is -2.35. The van der Waals surface area contributed by atoms with Gasteiger partial charge in [-0.25, -0.2) is 15.0 Å². The number of anilines is 2. The summed E-state index contributed by atoms with van der Waals surface area (Å²) < 4.78 is 5.58. The second-order valence-electron chi connectivity index (χ2n) is 8.02. The second-order valence-corrected chi connectivity index (χ2v) is 8.98. The normalized spacial score (nSPS) is 17.8. The standard InChI is InChI=1S/C23H29N7OS/c1-2-28-8-10-30(11-9-28)23-26-20-19(21(27-23)29-12-14-31-15-13-29)24-17-25-22(20)32-16-18-6-4-3-5-7-18/h3-7,17H,2,8-16H2,1H3. The van der Waals surface area contributed by atoms with E-state index in [0.717, 1.165) is 79.4 Å². The highest BCUT2D eigenvalue weighted by Gasteiger charge is 2.24. The molecule has 5 rings (SSSR count). The first-order valence-electron chi connectivity index (χ1n) is 11.3. The topological polar surface area (TPSA) is 70.5 Å². The Morgan fingerprint density at radius 3 is 2.41 bits per heavy atom. The number of rotatable bonds is 6. The predicted molar refractivity (Wildman–Crippen MR) is 128 cm³/mol. The highest BCUT2D eigenvalue weighted by molar-refractivity contribution is 7.98. The number of likely N-dealkylation sites (N-methyl/N-ethyl adjacent to an activating group) is 1. The minimum Gasteiger partial charge on any atom is -0.378 e. The van der Waals surface area contributed by atoms with Gasteiger partial charge in [0.05, 0.1) is 13.2 Å². The maximum atomic E-state index is 5.58. The van der Waals surface area contributed by atoms with Gasteiger partial charge < -0.3 is 19.4 Å². The molecule has 2 aliphatic heterocycles. The Hall–Kier alpha value is -2.49. The van der Waals surface area contributed by atoms with Crippen LogP contribution in [0.3, 0.4) is 0 Å². The number of fused-ring (bicyclic) bond motifs is 1. The van der Waals surface area contributed by atoms with Gasteiger partial charge in [0.15, 0.2) is 5.82 Å². The van der Waals surface area contributed by atoms with E-state index in [9.17, 15) is 0 Å². The number of hydrogen-bond donors (Lipinski definition) is 0. The molecule has 2 aliphatic rings. The molecule has 0 atom stereocenters. The minimum absolute atomic E-state index is 0.705. The van der Waals surface area contributed by atoms with E-state index in [1.165, 1.54) is 5.56 Å². The fraction of sp³-hybridized carbons (Fsp3) is 0.478. The number of hydrogen-bond acceptors (Lipinski definition) is 9. The number of morpholine rings is 1. The van der Waals surface area contributed by atoms with Gasteiger partial charge in [-0.2, -0.15) is 4.98 Å². The van der Waals surface area contributed by atoms with Crippen molar-refractivity contribution in [3.8, 4) is 0 Å². The zero-order chi connectivity index (χ0) is 21.8. The van der Waals surface area contributed by atoms with E-state index in [4.69, 9.17) is 14.7 Å². The summed E-state index contributed by atoms with van der Waals surface area (Å²) in [4.78, 5) is 26.3. The van der Waals surface area contributed by atoms with Crippen LogP contribution in [0.1, 0.15) is 12.5 Å². The average molecular weight is 452 g/mol. The van der Waals surface area contributed by atoms with Gasteiger partial charge in [0.1, 0.15) is 22.4 Å². The maximum absolute atomic E-state index is 5.58. The van der Waals surface area contributed by atoms with Crippen molar-refractivity contribution in [2.24, 2.45) is 0 Å². The molecule has 2 saturated heterocycles. The first-order chi connectivity index (χ1) is 15.8. The van der Waals surface area contributed by atoms with E-state index in [1.807, 2.05) is 6.07 Å². The van der Waals surface area contributed by atoms with Crippen molar-refractivity contribution in [2.45, 2.75) is 17.7 Å². The summed E-state index contributed by atoms with van der Waals surface area (Å²) >= 11 is 1.71. The van der Waals surface area contributed by atoms with Gasteiger partial charge in [-0.1, -0.05) is 49.0 Å². The van der Waals surface area contributed by atoms with Gasteiger partial charge in [-0.3, -0.25) is 0 Å². The molecule has 0 bridgehead atoms. The Labute approximate surface area is 193 Å². The van der Waals surface area contributed by atoms with Gasteiger partial charge in [0.2, 0.25) is 5.95 Å². The van der Waals surface area contributed by atoms with E-state index in [2.05, 4.69) is 55.9 Å². The molecule has 0 spiro atoms. The average Bonchev–Trinajstić information content (AvgIpc) is 2.88. The van der Waals surface area contributed by atoms with E-state index >= 15 is 0 Å². The largest absolute Gasteiger partial charge is 0.378 e. The summed E-state index contributed by atoms with van der Waals surface area (Å²) in [6.07, 6.45) is 1.64. The number of ether oxygens (including phenoxy) is 1. The maximum Gasteiger partial charge on any atom is 0.228 e. The molecule has 0 unspecified atom stereocenters. The van der Waals surface area contributed by atoms with Crippen LogP contribution in [-0.4, -0.2) is 83.9 Å². The molecule has 9 heteroatoms. The highest BCUT2D eigenvalue weighted by atomic mass is 32.2. The summed E-state index contributed by atoms with van der Waals surface area (Å²) in [5.41, 5.74) is 2.94. The monoisotopic (exact) mass is 451 g/mol. The van der Waals surface area contributed by atoms with Crippen LogP contribution < -0.4 is 9.80 Å². The molecule has 0 aliphatic carbocycles. The molecular formula is C23H29N7OS. The highest BCUT2D eigenvalue weighted by Crippen LogP contribution is 2.32. The molecule has 4 heterocycles. The Morgan fingerprint density at radius 2 is 1.66 bits per heavy atom. The lowest BCUT2D eigenvalue weighted by molar-refractivity contribution is 0.122. The van der Waals surface area contributed by atoms with Crippen molar-refractivity contribution in [3.63, 3.8) is 0 Å². The van der Waals surface area contributed by atoms with Gasteiger partial charge in [-0.15, -0.1) is 0 Å². The molecule has 1 aromatic carbocycles. The summed E-state index contributed by atoms with van der Waals surface area (Å²) in [7, 11) is 0. The molecule has 0 N–H and O–H groups in total. The van der Waals surface area contributed by atoms with Crippen molar-refractivity contribution in [2.75, 3.05) is 68.8 Å². The van der Waals surface area contributed by atoms with Gasteiger partial charge in [-0.05, 0) is 12.1 Å². The number of nitrogens with zero attached hydrogens (tertiary/aromatic N) is 7. The second kappa shape index (κ2) is 9.97. The molecule has 2 aromatic heterocycles. The molecule has 0 radical (unpaired) electrons. The van der Waals surface area contributed by atoms with Crippen LogP contribution in [0.4, 0.5) is 11.8 Å². The Morgan fingerprint density at radius 1 is 0.875 bits per heavy atom. The molecule has 0 saturated carbocycles. The number of aromatic nitrogens is 4. The van der Waals surface area contributed by atoms with Crippen LogP contribution in [0.2, 0.25) is 0 Å². The third-order valence-corrected chi connectivity index (χ3v) is 7.10. The fourth-order valence-corrected chi connectivity index (χ4v) is 5.03. The summed E-state index contributed by atoms with van der Waals surface area (Å²) in [6.45, 7) is 10.3. The molecule has 2 fully saturated rings. The molecular weight excluding hydrogens is 422 g/mol. The number of piperazine rings is 1. The van der Waals surface area contributed by atoms with Crippen LogP contribution in [-0.2, 0) is 10.5 Å². The van der Waals surface area contributed by atoms with Gasteiger partial charge in [0.25, 0.3) is 0 Å². The van der Waals surface area contributed by atoms with Crippen LogP contribution in [0.15, 0.2) is 41.7 Å². The van der Waals surface area contributed by atoms with Crippen molar-refractivity contribution in [3.05, 3.63) is 42.2 Å². The van der Waals surface area contributed by atoms with Crippen LogP contribution in [0.25, 0.3) is 11.0 Å². The first-order valence-corrected chi connectivity index (χ1v) is 12.3. The van der Waals surface area contributed by atoms with Crippen LogP contribution >= 0.6 is 11.8 Å². The predicted octanol–water partition coefficient (Wildman–Crippen LogP) is 2.69. The van der Waals surface area contributed by atoms with E-state index in [1.54, 1.807) is 18.1 Å².